The molecule has 1 aromatic rings. The number of aryl methyl sites for hydroxylation is 1. The van der Waals surface area contributed by atoms with Gasteiger partial charge in [0.1, 0.15) is 0 Å². The van der Waals surface area contributed by atoms with Gasteiger partial charge in [-0.25, -0.2) is 13.4 Å². The van der Waals surface area contributed by atoms with Crippen molar-refractivity contribution in [2.45, 2.75) is 37.8 Å². The van der Waals surface area contributed by atoms with E-state index in [-0.39, 0.29) is 16.7 Å². The topological polar surface area (TPSA) is 55.2 Å². The van der Waals surface area contributed by atoms with Crippen molar-refractivity contribution in [2.75, 3.05) is 18.8 Å². The molecule has 0 radical (unpaired) electrons. The van der Waals surface area contributed by atoms with Gasteiger partial charge in [0.2, 0.25) is 0 Å². The van der Waals surface area contributed by atoms with Gasteiger partial charge in [0.15, 0.2) is 14.9 Å². The maximum atomic E-state index is 12.3. The van der Waals surface area contributed by atoms with Crippen molar-refractivity contribution >= 4 is 9.84 Å². The molecular weight excluding hydrogens is 262 g/mol. The van der Waals surface area contributed by atoms with Crippen molar-refractivity contribution in [3.8, 4) is 0 Å². The highest BCUT2D eigenvalue weighted by atomic mass is 32.2. The summed E-state index contributed by atoms with van der Waals surface area (Å²) in [5.74, 6) is 0.441. The van der Waals surface area contributed by atoms with Crippen LogP contribution < -0.4 is 0 Å². The molecule has 1 saturated heterocycles. The molecule has 0 N–H and O–H groups in total. The summed E-state index contributed by atoms with van der Waals surface area (Å²) in [6.45, 7) is 6.28. The quantitative estimate of drug-likeness (QED) is 0.837. The van der Waals surface area contributed by atoms with Gasteiger partial charge >= 0.3 is 0 Å². The second-order valence-electron chi connectivity index (χ2n) is 5.76. The second kappa shape index (κ2) is 5.63. The standard InChI is InChI=1S/C13H23N3O2S/c1-11(2)16-6-4-5-12(7-16)9-19(17,18)13-8-15(3)10-14-13/h8,10-12H,4-7,9H2,1-3H3/t12-/m1/s1. The van der Waals surface area contributed by atoms with Crippen molar-refractivity contribution < 1.29 is 8.42 Å². The van der Waals surface area contributed by atoms with Crippen molar-refractivity contribution in [2.24, 2.45) is 13.0 Å². The fourth-order valence-corrected chi connectivity index (χ4v) is 4.25. The molecule has 108 valence electrons. The molecule has 0 unspecified atom stereocenters. The van der Waals surface area contributed by atoms with Crippen LogP contribution in [0.25, 0.3) is 0 Å². The van der Waals surface area contributed by atoms with Crippen LogP contribution in [0.2, 0.25) is 0 Å². The third-order valence-corrected chi connectivity index (χ3v) is 5.49. The molecule has 0 aromatic carbocycles. The number of sulfone groups is 1. The van der Waals surface area contributed by atoms with E-state index in [0.29, 0.717) is 6.04 Å². The zero-order valence-corrected chi connectivity index (χ0v) is 12.7. The molecular formula is C13H23N3O2S. The highest BCUT2D eigenvalue weighted by molar-refractivity contribution is 7.91. The van der Waals surface area contributed by atoms with Gasteiger partial charge in [-0.15, -0.1) is 0 Å². The number of aromatic nitrogens is 2. The molecule has 1 aliphatic heterocycles. The number of imidazole rings is 1. The van der Waals surface area contributed by atoms with E-state index in [1.54, 1.807) is 17.8 Å². The van der Waals surface area contributed by atoms with E-state index in [9.17, 15) is 8.42 Å². The Labute approximate surface area is 115 Å². The Morgan fingerprint density at radius 1 is 1.47 bits per heavy atom. The summed E-state index contributed by atoms with van der Waals surface area (Å²) in [6, 6.07) is 0.486. The Kier molecular flexibility index (Phi) is 4.30. The smallest absolute Gasteiger partial charge is 0.197 e. The third-order valence-electron chi connectivity index (χ3n) is 3.74. The van der Waals surface area contributed by atoms with Crippen LogP contribution in [0.3, 0.4) is 0 Å². The number of nitrogens with zero attached hydrogens (tertiary/aromatic N) is 3. The highest BCUT2D eigenvalue weighted by Gasteiger charge is 2.28. The molecule has 2 heterocycles. The van der Waals surface area contributed by atoms with E-state index in [0.717, 1.165) is 25.9 Å². The van der Waals surface area contributed by atoms with Crippen LogP contribution in [0, 0.1) is 5.92 Å². The average molecular weight is 285 g/mol. The predicted molar refractivity (Wildman–Crippen MR) is 74.7 cm³/mol. The van der Waals surface area contributed by atoms with Crippen LogP contribution in [-0.4, -0.2) is 47.8 Å². The van der Waals surface area contributed by atoms with Crippen LogP contribution in [0.15, 0.2) is 17.6 Å². The predicted octanol–water partition coefficient (Wildman–Crippen LogP) is 1.31. The number of hydrogen-bond donors (Lipinski definition) is 0. The van der Waals surface area contributed by atoms with Gasteiger partial charge in [-0.05, 0) is 39.2 Å². The van der Waals surface area contributed by atoms with Crippen LogP contribution in [0.4, 0.5) is 0 Å². The summed E-state index contributed by atoms with van der Waals surface area (Å²) in [5, 5.41) is 0.205. The molecule has 5 nitrogen and oxygen atoms in total. The zero-order chi connectivity index (χ0) is 14.0. The Hall–Kier alpha value is -0.880. The lowest BCUT2D eigenvalue weighted by Gasteiger charge is -2.35. The fourth-order valence-electron chi connectivity index (χ4n) is 2.65. The first-order valence-electron chi connectivity index (χ1n) is 6.83. The molecule has 0 bridgehead atoms. The van der Waals surface area contributed by atoms with E-state index in [2.05, 4.69) is 23.7 Å². The maximum absolute atomic E-state index is 12.3. The molecule has 1 aliphatic rings. The summed E-state index contributed by atoms with van der Waals surface area (Å²) < 4.78 is 26.3. The Morgan fingerprint density at radius 2 is 2.21 bits per heavy atom. The molecule has 0 amide bonds. The summed E-state index contributed by atoms with van der Waals surface area (Å²) in [6.07, 6.45) is 5.20. The van der Waals surface area contributed by atoms with Crippen LogP contribution in [-0.2, 0) is 16.9 Å². The van der Waals surface area contributed by atoms with Gasteiger partial charge in [0, 0.05) is 25.8 Å². The van der Waals surface area contributed by atoms with E-state index >= 15 is 0 Å². The van der Waals surface area contributed by atoms with Crippen LogP contribution in [0.5, 0.6) is 0 Å². The van der Waals surface area contributed by atoms with Crippen LogP contribution in [0.1, 0.15) is 26.7 Å². The minimum Gasteiger partial charge on any atom is -0.339 e. The van der Waals surface area contributed by atoms with E-state index in [4.69, 9.17) is 0 Å². The molecule has 1 aromatic heterocycles. The van der Waals surface area contributed by atoms with Gasteiger partial charge < -0.3 is 9.47 Å². The Morgan fingerprint density at radius 3 is 2.79 bits per heavy atom. The maximum Gasteiger partial charge on any atom is 0.197 e. The normalized spacial score (nSPS) is 22.0. The molecule has 0 spiro atoms. The largest absolute Gasteiger partial charge is 0.339 e. The van der Waals surface area contributed by atoms with Gasteiger partial charge in [-0.2, -0.15) is 0 Å². The fraction of sp³-hybridized carbons (Fsp3) is 0.769. The van der Waals surface area contributed by atoms with Crippen molar-refractivity contribution in [1.82, 2.24) is 14.5 Å². The molecule has 6 heteroatoms. The van der Waals surface area contributed by atoms with Gasteiger partial charge in [-0.1, -0.05) is 0 Å². The lowest BCUT2D eigenvalue weighted by Crippen LogP contribution is -2.41. The van der Waals surface area contributed by atoms with Crippen molar-refractivity contribution in [1.29, 1.82) is 0 Å². The second-order valence-corrected chi connectivity index (χ2v) is 7.74. The zero-order valence-electron chi connectivity index (χ0n) is 11.9. The molecule has 2 rings (SSSR count). The first kappa shape index (κ1) is 14.5. The van der Waals surface area contributed by atoms with Gasteiger partial charge in [-0.3, -0.25) is 0 Å². The average Bonchev–Trinajstić information content (AvgIpc) is 2.76. The number of likely N-dealkylation sites (tertiary alicyclic amines) is 1. The van der Waals surface area contributed by atoms with Crippen molar-refractivity contribution in [3.05, 3.63) is 12.5 Å². The molecule has 1 atom stereocenters. The van der Waals surface area contributed by atoms with E-state index < -0.39 is 9.84 Å². The minimum absolute atomic E-state index is 0.205. The Balaban J connectivity index is 2.04. The monoisotopic (exact) mass is 285 g/mol. The third kappa shape index (κ3) is 3.57. The first-order valence-corrected chi connectivity index (χ1v) is 8.48. The summed E-state index contributed by atoms with van der Waals surface area (Å²) in [5.41, 5.74) is 0. The van der Waals surface area contributed by atoms with Gasteiger partial charge in [0.05, 0.1) is 12.1 Å². The molecule has 1 fully saturated rings. The number of piperidine rings is 1. The minimum atomic E-state index is -3.25. The summed E-state index contributed by atoms with van der Waals surface area (Å²) >= 11 is 0. The molecule has 0 aliphatic carbocycles. The lowest BCUT2D eigenvalue weighted by atomic mass is 9.99. The first-order chi connectivity index (χ1) is 8.88. The van der Waals surface area contributed by atoms with Crippen molar-refractivity contribution in [3.63, 3.8) is 0 Å². The lowest BCUT2D eigenvalue weighted by molar-refractivity contribution is 0.148. The highest BCUT2D eigenvalue weighted by Crippen LogP contribution is 2.22. The van der Waals surface area contributed by atoms with Gasteiger partial charge in [0.25, 0.3) is 0 Å². The van der Waals surface area contributed by atoms with E-state index in [1.165, 1.54) is 6.33 Å². The Bertz CT molecular complexity index is 522. The number of hydrogen-bond acceptors (Lipinski definition) is 4. The number of rotatable bonds is 4. The molecule has 19 heavy (non-hydrogen) atoms. The summed E-state index contributed by atoms with van der Waals surface area (Å²) in [4.78, 5) is 6.33. The SMILES string of the molecule is CC(C)N1CCC[C@@H](CS(=O)(=O)c2cn(C)cn2)C1. The van der Waals surface area contributed by atoms with Crippen LogP contribution >= 0.6 is 0 Å². The molecule has 0 saturated carbocycles. The van der Waals surface area contributed by atoms with E-state index in [1.807, 2.05) is 0 Å². The summed E-state index contributed by atoms with van der Waals surface area (Å²) in [7, 11) is -1.46.